The number of rotatable bonds is 8. The van der Waals surface area contributed by atoms with Crippen molar-refractivity contribution in [3.05, 3.63) is 94.5 Å². The molecule has 1 amide bonds. The van der Waals surface area contributed by atoms with Crippen LogP contribution in [-0.4, -0.2) is 35.3 Å². The second kappa shape index (κ2) is 11.4. The monoisotopic (exact) mass is 496 g/mol. The third kappa shape index (κ3) is 6.53. The predicted octanol–water partition coefficient (Wildman–Crippen LogP) is 5.28. The summed E-state index contributed by atoms with van der Waals surface area (Å²) in [7, 11) is 0. The number of aromatic carboxylic acids is 1. The average Bonchev–Trinajstić information content (AvgIpc) is 3.02. The number of carbonyl (C=O) groups is 2. The molecule has 3 aromatic carbocycles. The van der Waals surface area contributed by atoms with Gasteiger partial charge in [0.05, 0.1) is 5.56 Å². The highest BCUT2D eigenvalue weighted by atomic mass is 35.5. The summed E-state index contributed by atoms with van der Waals surface area (Å²) >= 11 is 7.56. The van der Waals surface area contributed by atoms with Crippen molar-refractivity contribution in [2.24, 2.45) is 0 Å². The summed E-state index contributed by atoms with van der Waals surface area (Å²) in [4.78, 5) is 23.9. The van der Waals surface area contributed by atoms with E-state index in [1.807, 2.05) is 36.4 Å². The second-order valence-corrected chi connectivity index (χ2v) is 9.65. The lowest BCUT2D eigenvalue weighted by molar-refractivity contribution is -0.121. The first-order chi connectivity index (χ1) is 16.5. The molecule has 0 bridgehead atoms. The van der Waals surface area contributed by atoms with Gasteiger partial charge in [-0.3, -0.25) is 4.79 Å². The van der Waals surface area contributed by atoms with Gasteiger partial charge in [0.2, 0.25) is 5.91 Å². The van der Waals surface area contributed by atoms with E-state index in [1.165, 1.54) is 0 Å². The third-order valence-corrected chi connectivity index (χ3v) is 7.03. The number of amides is 1. The molecule has 0 aliphatic carbocycles. The Hall–Kier alpha value is -3.00. The maximum Gasteiger partial charge on any atom is 0.335 e. The Labute approximate surface area is 207 Å². The number of carbonyl (C=O) groups excluding carboxylic acids is 1. The van der Waals surface area contributed by atoms with Gasteiger partial charge in [-0.05, 0) is 71.8 Å². The molecule has 4 rings (SSSR count). The zero-order valence-electron chi connectivity index (χ0n) is 18.4. The highest BCUT2D eigenvalue weighted by molar-refractivity contribution is 8.00. The van der Waals surface area contributed by atoms with Crippen LogP contribution in [0.1, 0.15) is 33.2 Å². The van der Waals surface area contributed by atoms with Crippen molar-refractivity contribution in [3.63, 3.8) is 0 Å². The van der Waals surface area contributed by atoms with Crippen LogP contribution < -0.4 is 15.4 Å². The van der Waals surface area contributed by atoms with Crippen molar-refractivity contribution in [2.45, 2.75) is 24.3 Å². The number of thioether (sulfide) groups is 1. The first-order valence-electron chi connectivity index (χ1n) is 11.0. The van der Waals surface area contributed by atoms with E-state index in [-0.39, 0.29) is 22.8 Å². The number of ether oxygens (including phenoxy) is 1. The molecule has 0 unspecified atom stereocenters. The minimum atomic E-state index is -0.934. The van der Waals surface area contributed by atoms with E-state index < -0.39 is 5.97 Å². The molecule has 3 N–H and O–H groups in total. The third-order valence-electron chi connectivity index (χ3n) is 5.49. The van der Waals surface area contributed by atoms with Crippen LogP contribution in [-0.2, 0) is 11.3 Å². The van der Waals surface area contributed by atoms with E-state index in [0.717, 1.165) is 23.3 Å². The number of hydrogen-bond acceptors (Lipinski definition) is 5. The summed E-state index contributed by atoms with van der Waals surface area (Å²) in [5.74, 6) is 1.34. The summed E-state index contributed by atoms with van der Waals surface area (Å²) in [6.45, 7) is 1.26. The molecule has 1 heterocycles. The van der Waals surface area contributed by atoms with E-state index in [0.29, 0.717) is 29.6 Å². The lowest BCUT2D eigenvalue weighted by Crippen LogP contribution is -2.42. The highest BCUT2D eigenvalue weighted by Gasteiger charge is 2.27. The largest absolute Gasteiger partial charge is 0.478 e. The lowest BCUT2D eigenvalue weighted by Gasteiger charge is -2.18. The van der Waals surface area contributed by atoms with Crippen molar-refractivity contribution >= 4 is 35.2 Å². The summed E-state index contributed by atoms with van der Waals surface area (Å²) < 4.78 is 5.84. The minimum Gasteiger partial charge on any atom is -0.478 e. The van der Waals surface area contributed by atoms with Gasteiger partial charge in [-0.25, -0.2) is 4.79 Å². The first-order valence-corrected chi connectivity index (χ1v) is 12.4. The Morgan fingerprint density at radius 1 is 1.03 bits per heavy atom. The molecule has 2 atom stereocenters. The molecule has 0 radical (unpaired) electrons. The fraction of sp³-hybridized carbons (Fsp3) is 0.231. The van der Waals surface area contributed by atoms with Crippen molar-refractivity contribution in [1.82, 2.24) is 10.6 Å². The molecule has 1 saturated heterocycles. The summed E-state index contributed by atoms with van der Waals surface area (Å²) in [5.41, 5.74) is 2.21. The van der Waals surface area contributed by atoms with Crippen LogP contribution >= 0.6 is 23.4 Å². The van der Waals surface area contributed by atoms with E-state index in [1.54, 1.807) is 48.2 Å². The number of carboxylic acids is 1. The average molecular weight is 497 g/mol. The van der Waals surface area contributed by atoms with Gasteiger partial charge in [0.15, 0.2) is 0 Å². The van der Waals surface area contributed by atoms with Crippen LogP contribution in [0, 0.1) is 0 Å². The molecule has 176 valence electrons. The number of carboxylic acid groups (broad SMARTS) is 1. The smallest absolute Gasteiger partial charge is 0.335 e. The summed E-state index contributed by atoms with van der Waals surface area (Å²) in [6, 6.07) is 21.6. The Bertz CT molecular complexity index is 1120. The summed E-state index contributed by atoms with van der Waals surface area (Å²) in [5, 5.41) is 15.9. The van der Waals surface area contributed by atoms with E-state index in [9.17, 15) is 9.59 Å². The summed E-state index contributed by atoms with van der Waals surface area (Å²) in [6.07, 6.45) is 0.871. The van der Waals surface area contributed by atoms with Gasteiger partial charge in [0.25, 0.3) is 0 Å². The van der Waals surface area contributed by atoms with E-state index in [4.69, 9.17) is 21.4 Å². The molecule has 1 aliphatic rings. The van der Waals surface area contributed by atoms with Crippen LogP contribution in [0.5, 0.6) is 11.5 Å². The van der Waals surface area contributed by atoms with Gasteiger partial charge >= 0.3 is 5.97 Å². The van der Waals surface area contributed by atoms with Gasteiger partial charge in [0, 0.05) is 24.2 Å². The number of hydrogen-bond donors (Lipinski definition) is 3. The van der Waals surface area contributed by atoms with Gasteiger partial charge < -0.3 is 20.5 Å². The fourth-order valence-electron chi connectivity index (χ4n) is 3.66. The maximum atomic E-state index is 12.9. The molecule has 6 nitrogen and oxygen atoms in total. The number of nitrogens with one attached hydrogen (secondary N) is 2. The minimum absolute atomic E-state index is 0.00600. The SMILES string of the molecule is O=C(O)c1ccc(CNC[C@@H]2CCS[C@H](c3ccc(Oc4ccc(Cl)cc4)cc3)C(=O)N2)cc1. The van der Waals surface area contributed by atoms with Crippen molar-refractivity contribution in [2.75, 3.05) is 12.3 Å². The van der Waals surface area contributed by atoms with Crippen LogP contribution in [0.2, 0.25) is 5.02 Å². The second-order valence-electron chi connectivity index (χ2n) is 8.00. The standard InChI is InChI=1S/C26H25ClN2O4S/c27-20-7-11-23(12-8-20)33-22-9-5-18(6-10-22)24-25(30)29-21(13-14-34-24)16-28-15-17-1-3-19(4-2-17)26(31)32/h1-12,21,24,28H,13-16H2,(H,29,30)(H,31,32)/t21-,24+/m0/s1. The Morgan fingerprint density at radius 2 is 1.68 bits per heavy atom. The van der Waals surface area contributed by atoms with Crippen LogP contribution in [0.4, 0.5) is 0 Å². The lowest BCUT2D eigenvalue weighted by atomic mass is 10.1. The van der Waals surface area contributed by atoms with E-state index in [2.05, 4.69) is 10.6 Å². The molecule has 1 aliphatic heterocycles. The fourth-order valence-corrected chi connectivity index (χ4v) is 5.01. The zero-order chi connectivity index (χ0) is 23.9. The number of benzene rings is 3. The van der Waals surface area contributed by atoms with Gasteiger partial charge in [-0.2, -0.15) is 0 Å². The van der Waals surface area contributed by atoms with E-state index >= 15 is 0 Å². The molecule has 0 aromatic heterocycles. The topological polar surface area (TPSA) is 87.7 Å². The molecular weight excluding hydrogens is 472 g/mol. The van der Waals surface area contributed by atoms with Gasteiger partial charge in [-0.15, -0.1) is 11.8 Å². The molecule has 0 saturated carbocycles. The van der Waals surface area contributed by atoms with Gasteiger partial charge in [-0.1, -0.05) is 35.9 Å². The molecular formula is C26H25ClN2O4S. The van der Waals surface area contributed by atoms with Crippen LogP contribution in [0.3, 0.4) is 0 Å². The molecule has 3 aromatic rings. The van der Waals surface area contributed by atoms with Gasteiger partial charge in [0.1, 0.15) is 16.7 Å². The Morgan fingerprint density at radius 3 is 2.32 bits per heavy atom. The number of halogens is 1. The normalized spacial score (nSPS) is 18.1. The maximum absolute atomic E-state index is 12.9. The van der Waals surface area contributed by atoms with Crippen molar-refractivity contribution < 1.29 is 19.4 Å². The molecule has 1 fully saturated rings. The quantitative estimate of drug-likeness (QED) is 0.393. The van der Waals surface area contributed by atoms with Crippen molar-refractivity contribution in [3.8, 4) is 11.5 Å². The molecule has 0 spiro atoms. The Balaban J connectivity index is 1.28. The Kier molecular flexibility index (Phi) is 8.11. The highest BCUT2D eigenvalue weighted by Crippen LogP contribution is 2.33. The zero-order valence-corrected chi connectivity index (χ0v) is 19.9. The first kappa shape index (κ1) is 24.1. The van der Waals surface area contributed by atoms with Crippen molar-refractivity contribution in [1.29, 1.82) is 0 Å². The molecule has 8 heteroatoms. The van der Waals surface area contributed by atoms with Crippen LogP contribution in [0.15, 0.2) is 72.8 Å². The molecule has 34 heavy (non-hydrogen) atoms. The van der Waals surface area contributed by atoms with Crippen LogP contribution in [0.25, 0.3) is 0 Å². The predicted molar refractivity (Wildman–Crippen MR) is 135 cm³/mol.